The largest absolute Gasteiger partial charge is 0.444 e. The van der Waals surface area contributed by atoms with Crippen LogP contribution in [0.3, 0.4) is 0 Å². The lowest BCUT2D eigenvalue weighted by molar-refractivity contribution is -0.145. The summed E-state index contributed by atoms with van der Waals surface area (Å²) in [6, 6.07) is -2.79. The molecule has 10 heteroatoms. The van der Waals surface area contributed by atoms with E-state index in [1.807, 2.05) is 0 Å². The number of rotatable bonds is 12. The van der Waals surface area contributed by atoms with Crippen LogP contribution in [0.2, 0.25) is 0 Å². The van der Waals surface area contributed by atoms with Gasteiger partial charge in [0, 0.05) is 19.5 Å². The molecule has 0 radical (unpaired) electrons. The number of piperidine rings is 1. The van der Waals surface area contributed by atoms with Crippen LogP contribution in [0.5, 0.6) is 0 Å². The minimum Gasteiger partial charge on any atom is -0.444 e. The third kappa shape index (κ3) is 7.93. The summed E-state index contributed by atoms with van der Waals surface area (Å²) in [4.78, 5) is 68.0. The molecule has 0 aromatic heterocycles. The summed E-state index contributed by atoms with van der Waals surface area (Å²) in [5.41, 5.74) is -0.901. The molecule has 3 rings (SSSR count). The van der Waals surface area contributed by atoms with Gasteiger partial charge in [0.2, 0.25) is 17.6 Å². The van der Waals surface area contributed by atoms with Crippen molar-refractivity contribution in [1.29, 1.82) is 0 Å². The van der Waals surface area contributed by atoms with Gasteiger partial charge in [0.25, 0.3) is 5.91 Å². The molecule has 3 aliphatic rings. The molecule has 3 fully saturated rings. The molecule has 0 bridgehead atoms. The van der Waals surface area contributed by atoms with Crippen molar-refractivity contribution in [2.45, 2.75) is 110 Å². The molecule has 1 saturated heterocycles. The molecular formula is C32H48N4O6. The first-order chi connectivity index (χ1) is 19.7. The third-order valence-electron chi connectivity index (χ3n) is 8.89. The van der Waals surface area contributed by atoms with Crippen molar-refractivity contribution >= 4 is 29.6 Å². The number of nitrogens with one attached hydrogen (secondary N) is 3. The molecule has 5 atom stereocenters. The summed E-state index contributed by atoms with van der Waals surface area (Å²) >= 11 is 0. The Morgan fingerprint density at radius 1 is 1.12 bits per heavy atom. The van der Waals surface area contributed by atoms with Gasteiger partial charge >= 0.3 is 6.09 Å². The Morgan fingerprint density at radius 3 is 2.38 bits per heavy atom. The van der Waals surface area contributed by atoms with Crippen molar-refractivity contribution in [2.75, 3.05) is 13.1 Å². The number of amides is 4. The number of fused-ring (bicyclic) bond motifs is 1. The summed E-state index contributed by atoms with van der Waals surface area (Å²) in [6.07, 6.45) is 11.7. The Labute approximate surface area is 250 Å². The van der Waals surface area contributed by atoms with Gasteiger partial charge < -0.3 is 25.6 Å². The van der Waals surface area contributed by atoms with Crippen molar-refractivity contribution in [2.24, 2.45) is 23.2 Å². The SMILES string of the molecule is C#CCCC(NC(=O)[C@@H]1[C@@H]2[C@H](CN1C(=O)[C@@H](NC(=O)OC(C)(C)C)C1CCCCC1)C2(C)C)C(=O)C(=O)NCCC=C. The molecule has 3 N–H and O–H groups in total. The number of carbonyl (C=O) groups excluding carboxylic acids is 5. The number of nitrogens with zero attached hydrogens (tertiary/aromatic N) is 1. The van der Waals surface area contributed by atoms with Crippen LogP contribution in [0.4, 0.5) is 4.79 Å². The van der Waals surface area contributed by atoms with Crippen LogP contribution in [-0.2, 0) is 23.9 Å². The van der Waals surface area contributed by atoms with Crippen molar-refractivity contribution in [1.82, 2.24) is 20.9 Å². The molecule has 42 heavy (non-hydrogen) atoms. The lowest BCUT2D eigenvalue weighted by Gasteiger charge is -2.37. The van der Waals surface area contributed by atoms with E-state index in [2.05, 4.69) is 42.3 Å². The average Bonchev–Trinajstić information content (AvgIpc) is 3.24. The molecule has 2 aliphatic carbocycles. The van der Waals surface area contributed by atoms with Gasteiger partial charge in [-0.1, -0.05) is 39.2 Å². The highest BCUT2D eigenvalue weighted by molar-refractivity contribution is 6.38. The summed E-state index contributed by atoms with van der Waals surface area (Å²) in [5.74, 6) is -0.00485. The van der Waals surface area contributed by atoms with E-state index in [0.717, 1.165) is 32.1 Å². The third-order valence-corrected chi connectivity index (χ3v) is 8.89. The Balaban J connectivity index is 1.83. The van der Waals surface area contributed by atoms with E-state index >= 15 is 0 Å². The smallest absolute Gasteiger partial charge is 0.408 e. The van der Waals surface area contributed by atoms with E-state index in [1.165, 1.54) is 0 Å². The summed E-state index contributed by atoms with van der Waals surface area (Å²) < 4.78 is 5.49. The van der Waals surface area contributed by atoms with Crippen molar-refractivity contribution < 1.29 is 28.7 Å². The van der Waals surface area contributed by atoms with Crippen LogP contribution in [0, 0.1) is 35.5 Å². The number of hydrogen-bond acceptors (Lipinski definition) is 6. The van der Waals surface area contributed by atoms with E-state index in [9.17, 15) is 24.0 Å². The van der Waals surface area contributed by atoms with Gasteiger partial charge in [-0.15, -0.1) is 18.9 Å². The highest BCUT2D eigenvalue weighted by Crippen LogP contribution is 2.65. The van der Waals surface area contributed by atoms with Gasteiger partial charge in [0.15, 0.2) is 0 Å². The summed E-state index contributed by atoms with van der Waals surface area (Å²) in [6.45, 7) is 13.6. The molecule has 1 aliphatic heterocycles. The van der Waals surface area contributed by atoms with E-state index < -0.39 is 47.4 Å². The second kappa shape index (κ2) is 13.7. The highest BCUT2D eigenvalue weighted by atomic mass is 16.6. The minimum atomic E-state index is -1.12. The Hall–Kier alpha value is -3.35. The van der Waals surface area contributed by atoms with Crippen LogP contribution in [0.15, 0.2) is 12.7 Å². The molecule has 0 aromatic rings. The zero-order valence-electron chi connectivity index (χ0n) is 25.8. The van der Waals surface area contributed by atoms with Gasteiger partial charge in [-0.3, -0.25) is 19.2 Å². The molecule has 232 valence electrons. The van der Waals surface area contributed by atoms with E-state index in [4.69, 9.17) is 11.2 Å². The minimum absolute atomic E-state index is 0.0726. The summed E-state index contributed by atoms with van der Waals surface area (Å²) in [5, 5.41) is 8.15. The predicted molar refractivity (Wildman–Crippen MR) is 159 cm³/mol. The van der Waals surface area contributed by atoms with Crippen LogP contribution >= 0.6 is 0 Å². The second-order valence-electron chi connectivity index (χ2n) is 13.4. The number of carbonyl (C=O) groups is 5. The first kappa shape index (κ1) is 33.2. The van der Waals surface area contributed by atoms with Gasteiger partial charge in [0.1, 0.15) is 17.7 Å². The Bertz CT molecular complexity index is 1100. The monoisotopic (exact) mass is 584 g/mol. The van der Waals surface area contributed by atoms with Crippen LogP contribution in [0.25, 0.3) is 0 Å². The highest BCUT2D eigenvalue weighted by Gasteiger charge is 2.69. The van der Waals surface area contributed by atoms with Crippen molar-refractivity contribution in [3.8, 4) is 12.3 Å². The maximum absolute atomic E-state index is 14.2. The lowest BCUT2D eigenvalue weighted by Crippen LogP contribution is -2.59. The fourth-order valence-electron chi connectivity index (χ4n) is 6.56. The van der Waals surface area contributed by atoms with Gasteiger partial charge in [-0.25, -0.2) is 4.79 Å². The quantitative estimate of drug-likeness (QED) is 0.140. The predicted octanol–water partition coefficient (Wildman–Crippen LogP) is 3.10. The molecule has 4 amide bonds. The topological polar surface area (TPSA) is 134 Å². The number of ketones is 1. The Kier molecular flexibility index (Phi) is 10.9. The van der Waals surface area contributed by atoms with E-state index in [1.54, 1.807) is 31.7 Å². The number of alkyl carbamates (subject to hydrolysis) is 1. The van der Waals surface area contributed by atoms with Crippen LogP contribution < -0.4 is 16.0 Å². The van der Waals surface area contributed by atoms with Gasteiger partial charge in [-0.05, 0) is 69.6 Å². The number of terminal acetylenes is 1. The zero-order valence-corrected chi connectivity index (χ0v) is 25.8. The van der Waals surface area contributed by atoms with Gasteiger partial charge in [-0.2, -0.15) is 0 Å². The fraction of sp³-hybridized carbons (Fsp3) is 0.719. The number of ether oxygens (including phenoxy) is 1. The maximum atomic E-state index is 14.2. The standard InChI is InChI=1S/C32H48N4O6/c1-8-10-17-22(26(37)28(39)33-18-11-9-2)34-27(38)25-23-21(32(23,6)7)19-36(25)29(40)24(20-15-13-12-14-16-20)35-30(41)42-31(3,4)5/h1,9,20-25H,2,10-19H2,3-7H3,(H,33,39)(H,34,38)(H,35,41)/t21-,22?,23-,24-,25-/m0/s1. The fourth-order valence-corrected chi connectivity index (χ4v) is 6.56. The lowest BCUT2D eigenvalue weighted by atomic mass is 9.83. The summed E-state index contributed by atoms with van der Waals surface area (Å²) in [7, 11) is 0. The zero-order chi connectivity index (χ0) is 31.2. The molecule has 0 aromatic carbocycles. The molecule has 10 nitrogen and oxygen atoms in total. The number of Topliss-reactive ketones (excluding diaryl/α,β-unsaturated/α-hetero) is 1. The van der Waals surface area contributed by atoms with Crippen molar-refractivity contribution in [3.63, 3.8) is 0 Å². The van der Waals surface area contributed by atoms with E-state index in [-0.39, 0.29) is 48.5 Å². The van der Waals surface area contributed by atoms with E-state index in [0.29, 0.717) is 13.0 Å². The number of hydrogen-bond donors (Lipinski definition) is 3. The van der Waals surface area contributed by atoms with Crippen molar-refractivity contribution in [3.05, 3.63) is 12.7 Å². The molecule has 1 unspecified atom stereocenters. The van der Waals surface area contributed by atoms with Gasteiger partial charge in [0.05, 0.1) is 6.04 Å². The number of likely N-dealkylation sites (tertiary alicyclic amines) is 1. The molecule has 1 heterocycles. The average molecular weight is 585 g/mol. The van der Waals surface area contributed by atoms with Crippen LogP contribution in [0.1, 0.15) is 86.0 Å². The second-order valence-corrected chi connectivity index (χ2v) is 13.4. The maximum Gasteiger partial charge on any atom is 0.408 e. The molecule has 2 saturated carbocycles. The first-order valence-electron chi connectivity index (χ1n) is 15.2. The normalized spacial score (nSPS) is 24.3. The molecule has 0 spiro atoms. The van der Waals surface area contributed by atoms with Crippen LogP contribution in [-0.4, -0.2) is 71.3 Å². The molecular weight excluding hydrogens is 536 g/mol. The Morgan fingerprint density at radius 2 is 1.79 bits per heavy atom. The first-order valence-corrected chi connectivity index (χ1v) is 15.2.